The van der Waals surface area contributed by atoms with Gasteiger partial charge in [0, 0.05) is 0 Å². The molecule has 0 radical (unpaired) electrons. The van der Waals surface area contributed by atoms with E-state index in [9.17, 15) is 9.46 Å². The summed E-state index contributed by atoms with van der Waals surface area (Å²) < 4.78 is 21.9. The maximum Gasteiger partial charge on any atom is 0.472 e. The molecule has 4 bridgehead atoms. The van der Waals surface area contributed by atoms with Crippen molar-refractivity contribution < 1.29 is 18.5 Å². The summed E-state index contributed by atoms with van der Waals surface area (Å²) in [5.74, 6) is 3.28. The van der Waals surface area contributed by atoms with Crippen molar-refractivity contribution in [1.82, 2.24) is 4.90 Å². The van der Waals surface area contributed by atoms with Crippen LogP contribution in [-0.4, -0.2) is 43.6 Å². The summed E-state index contributed by atoms with van der Waals surface area (Å²) >= 11 is 0. The summed E-state index contributed by atoms with van der Waals surface area (Å²) in [5, 5.41) is 0. The second-order valence-electron chi connectivity index (χ2n) is 11.6. The van der Waals surface area contributed by atoms with Crippen molar-refractivity contribution >= 4 is 7.82 Å². The minimum absolute atomic E-state index is 0.258. The van der Waals surface area contributed by atoms with Crippen LogP contribution in [0.4, 0.5) is 0 Å². The van der Waals surface area contributed by atoms with Crippen molar-refractivity contribution in [3.63, 3.8) is 0 Å². The van der Waals surface area contributed by atoms with Crippen molar-refractivity contribution in [2.75, 3.05) is 33.9 Å². The third-order valence-corrected chi connectivity index (χ3v) is 9.29. The van der Waals surface area contributed by atoms with E-state index in [0.717, 1.165) is 49.0 Å². The molecule has 1 N–H and O–H groups in total. The average Bonchev–Trinajstić information content (AvgIpc) is 2.71. The van der Waals surface area contributed by atoms with Crippen molar-refractivity contribution in [3.05, 3.63) is 0 Å². The Bertz CT molecular complexity index is 547. The number of unbranched alkanes of at least 4 members (excludes halogenated alkanes) is 8. The molecular formula is C26H50NO4P. The van der Waals surface area contributed by atoms with Crippen LogP contribution < -0.4 is 0 Å². The fourth-order valence-electron chi connectivity index (χ4n) is 7.21. The van der Waals surface area contributed by atoms with E-state index in [1.807, 2.05) is 19.0 Å². The van der Waals surface area contributed by atoms with Gasteiger partial charge in [-0.3, -0.25) is 9.05 Å². The molecule has 4 rings (SSSR count). The van der Waals surface area contributed by atoms with E-state index in [2.05, 4.69) is 0 Å². The van der Waals surface area contributed by atoms with E-state index >= 15 is 0 Å². The van der Waals surface area contributed by atoms with Crippen LogP contribution in [0.1, 0.15) is 109 Å². The fraction of sp³-hybridized carbons (Fsp3) is 1.00. The summed E-state index contributed by atoms with van der Waals surface area (Å²) in [7, 11) is 0.0747. The van der Waals surface area contributed by atoms with Gasteiger partial charge in [0.2, 0.25) is 0 Å². The maximum absolute atomic E-state index is 11.8. The second-order valence-corrected chi connectivity index (χ2v) is 13.1. The Morgan fingerprint density at radius 3 is 1.69 bits per heavy atom. The van der Waals surface area contributed by atoms with E-state index in [4.69, 9.17) is 9.05 Å². The molecular weight excluding hydrogens is 421 g/mol. The molecule has 1 atom stereocenters. The SMILES string of the molecule is CN(C)CCCOP(=O)(O)OCCCCCCCCCCCC12CC3CC(CC(C3)C1)C2. The Balaban J connectivity index is 1.09. The summed E-state index contributed by atoms with van der Waals surface area (Å²) in [6.07, 6.45) is 23.0. The molecule has 0 aromatic carbocycles. The molecule has 4 aliphatic rings. The molecule has 4 saturated carbocycles. The minimum atomic E-state index is -3.87. The molecule has 188 valence electrons. The van der Waals surface area contributed by atoms with Crippen LogP contribution in [0, 0.1) is 23.2 Å². The molecule has 0 aromatic rings. The predicted octanol–water partition coefficient (Wildman–Crippen LogP) is 7.19. The Labute approximate surface area is 197 Å². The lowest BCUT2D eigenvalue weighted by molar-refractivity contribution is -0.0583. The first-order valence-corrected chi connectivity index (χ1v) is 15.1. The van der Waals surface area contributed by atoms with Gasteiger partial charge in [0.25, 0.3) is 0 Å². The number of phosphoric acid groups is 1. The van der Waals surface area contributed by atoms with Crippen LogP contribution in [0.25, 0.3) is 0 Å². The lowest BCUT2D eigenvalue weighted by Crippen LogP contribution is -2.45. The zero-order valence-corrected chi connectivity index (χ0v) is 21.8. The predicted molar refractivity (Wildman–Crippen MR) is 132 cm³/mol. The molecule has 0 aromatic heterocycles. The molecule has 4 fully saturated rings. The van der Waals surface area contributed by atoms with Crippen LogP contribution in [0.2, 0.25) is 0 Å². The molecule has 0 heterocycles. The van der Waals surface area contributed by atoms with Crippen LogP contribution in [0.5, 0.6) is 0 Å². The average molecular weight is 472 g/mol. The van der Waals surface area contributed by atoms with Gasteiger partial charge in [-0.1, -0.05) is 51.4 Å². The maximum atomic E-state index is 11.8. The Kier molecular flexibility index (Phi) is 11.0. The molecule has 0 amide bonds. The zero-order chi connectivity index (χ0) is 22.9. The van der Waals surface area contributed by atoms with Gasteiger partial charge < -0.3 is 9.79 Å². The van der Waals surface area contributed by atoms with Gasteiger partial charge in [0.15, 0.2) is 0 Å². The highest BCUT2D eigenvalue weighted by Gasteiger charge is 2.50. The molecule has 1 unspecified atom stereocenters. The molecule has 0 spiro atoms. The number of nitrogens with zero attached hydrogens (tertiary/aromatic N) is 1. The van der Waals surface area contributed by atoms with Gasteiger partial charge in [0.05, 0.1) is 13.2 Å². The number of hydrogen-bond donors (Lipinski definition) is 1. The first kappa shape index (κ1) is 26.7. The largest absolute Gasteiger partial charge is 0.472 e. The van der Waals surface area contributed by atoms with E-state index in [0.29, 0.717) is 6.61 Å². The van der Waals surface area contributed by atoms with E-state index in [-0.39, 0.29) is 6.61 Å². The zero-order valence-electron chi connectivity index (χ0n) is 20.9. The smallest absolute Gasteiger partial charge is 0.309 e. The van der Waals surface area contributed by atoms with Gasteiger partial charge in [0.1, 0.15) is 0 Å². The Morgan fingerprint density at radius 1 is 0.750 bits per heavy atom. The normalized spacial score (nSPS) is 30.8. The van der Waals surface area contributed by atoms with Crippen molar-refractivity contribution in [1.29, 1.82) is 0 Å². The third kappa shape index (κ3) is 9.37. The molecule has 32 heavy (non-hydrogen) atoms. The monoisotopic (exact) mass is 471 g/mol. The molecule has 6 heteroatoms. The quantitative estimate of drug-likeness (QED) is 0.169. The Hall–Kier alpha value is 0.0700. The van der Waals surface area contributed by atoms with Crippen LogP contribution in [0.3, 0.4) is 0 Å². The fourth-order valence-corrected chi connectivity index (χ4v) is 8.01. The Morgan fingerprint density at radius 2 is 1.19 bits per heavy atom. The topological polar surface area (TPSA) is 59.0 Å². The standard InChI is InChI=1S/C26H50NO4P/c1-27(2)14-12-16-31-32(28,29)30-15-11-9-7-5-3-4-6-8-10-13-26-20-23-17-24(21-26)19-25(18-23)22-26/h23-25H,3-22H2,1-2H3,(H,28,29). The van der Waals surface area contributed by atoms with Crippen molar-refractivity contribution in [2.24, 2.45) is 23.2 Å². The number of hydrogen-bond acceptors (Lipinski definition) is 4. The summed E-state index contributed by atoms with van der Waals surface area (Å²) in [6.45, 7) is 1.41. The minimum Gasteiger partial charge on any atom is -0.309 e. The summed E-state index contributed by atoms with van der Waals surface area (Å²) in [5.41, 5.74) is 0.770. The van der Waals surface area contributed by atoms with Crippen molar-refractivity contribution in [3.8, 4) is 0 Å². The van der Waals surface area contributed by atoms with Crippen LogP contribution >= 0.6 is 7.82 Å². The third-order valence-electron chi connectivity index (χ3n) is 8.28. The molecule has 5 nitrogen and oxygen atoms in total. The van der Waals surface area contributed by atoms with Crippen LogP contribution in [0.15, 0.2) is 0 Å². The van der Waals surface area contributed by atoms with E-state index in [1.54, 1.807) is 38.5 Å². The highest BCUT2D eigenvalue weighted by Crippen LogP contribution is 2.61. The van der Waals surface area contributed by atoms with Gasteiger partial charge in [-0.05, 0) is 102 Å². The molecule has 4 aliphatic carbocycles. The first-order valence-electron chi connectivity index (χ1n) is 13.6. The first-order chi connectivity index (χ1) is 15.4. The number of rotatable bonds is 18. The lowest BCUT2D eigenvalue weighted by Gasteiger charge is -2.57. The molecule has 0 aliphatic heterocycles. The van der Waals surface area contributed by atoms with Gasteiger partial charge >= 0.3 is 7.82 Å². The van der Waals surface area contributed by atoms with E-state index < -0.39 is 7.82 Å². The van der Waals surface area contributed by atoms with Gasteiger partial charge in [-0.25, -0.2) is 4.57 Å². The van der Waals surface area contributed by atoms with Gasteiger partial charge in [-0.15, -0.1) is 0 Å². The molecule has 0 saturated heterocycles. The van der Waals surface area contributed by atoms with Crippen LogP contribution in [-0.2, 0) is 13.6 Å². The highest BCUT2D eigenvalue weighted by atomic mass is 31.2. The summed E-state index contributed by atoms with van der Waals surface area (Å²) in [6, 6.07) is 0. The van der Waals surface area contributed by atoms with Gasteiger partial charge in [-0.2, -0.15) is 0 Å². The highest BCUT2D eigenvalue weighted by molar-refractivity contribution is 7.47. The van der Waals surface area contributed by atoms with E-state index in [1.165, 1.54) is 51.4 Å². The number of phosphoric ester groups is 1. The lowest BCUT2D eigenvalue weighted by atomic mass is 9.48. The second kappa shape index (κ2) is 13.2. The van der Waals surface area contributed by atoms with Crippen molar-refractivity contribution in [2.45, 2.75) is 109 Å². The summed E-state index contributed by atoms with van der Waals surface area (Å²) in [4.78, 5) is 11.7.